The number of aromatic nitrogens is 1. The molecule has 0 spiro atoms. The van der Waals surface area contributed by atoms with Crippen LogP contribution in [0.2, 0.25) is 0 Å². The van der Waals surface area contributed by atoms with Crippen molar-refractivity contribution >= 4 is 80.9 Å². The van der Waals surface area contributed by atoms with Crippen molar-refractivity contribution in [1.29, 1.82) is 0 Å². The highest BCUT2D eigenvalue weighted by Gasteiger charge is 2.18. The number of benzene rings is 4. The monoisotopic (exact) mass is 815 g/mol. The Hall–Kier alpha value is -7.98. The van der Waals surface area contributed by atoms with Crippen molar-refractivity contribution in [2.24, 2.45) is 5.10 Å². The number of hydrazone groups is 1. The maximum absolute atomic E-state index is 13.3. The largest absolute Gasteiger partial charge is 0.478 e. The Morgan fingerprint density at radius 1 is 0.746 bits per heavy atom. The Balaban J connectivity index is 1.25. The number of thiazole rings is 1. The number of carbonyl (C=O) groups is 6. The van der Waals surface area contributed by atoms with Crippen molar-refractivity contribution in [3.8, 4) is 11.5 Å². The van der Waals surface area contributed by atoms with Gasteiger partial charge in [0.2, 0.25) is 5.13 Å². The summed E-state index contributed by atoms with van der Waals surface area (Å²) in [5, 5.41) is 13.6. The number of carboxylic acids is 1. The number of hydrogen-bond acceptors (Lipinski definition) is 15. The number of rotatable bonds is 18. The average Bonchev–Trinajstić information content (AvgIpc) is 3.67. The zero-order valence-electron chi connectivity index (χ0n) is 30.8. The summed E-state index contributed by atoms with van der Waals surface area (Å²) in [4.78, 5) is 76.9. The maximum Gasteiger partial charge on any atom is 0.343 e. The van der Waals surface area contributed by atoms with E-state index in [1.165, 1.54) is 72.2 Å². The lowest BCUT2D eigenvalue weighted by Gasteiger charge is -2.16. The minimum absolute atomic E-state index is 0.0854. The molecule has 0 saturated heterocycles. The lowest BCUT2D eigenvalue weighted by Crippen LogP contribution is -2.29. The highest BCUT2D eigenvalue weighted by molar-refractivity contribution is 7.22. The molecule has 4 aromatic carbocycles. The Bertz CT molecular complexity index is 2440. The van der Waals surface area contributed by atoms with Gasteiger partial charge in [-0.15, -0.1) is 0 Å². The highest BCUT2D eigenvalue weighted by Crippen LogP contribution is 2.27. The quantitative estimate of drug-likeness (QED) is 0.0237. The molecule has 5 aromatic rings. The van der Waals surface area contributed by atoms with E-state index < -0.39 is 48.5 Å². The lowest BCUT2D eigenvalue weighted by molar-refractivity contribution is -0.160. The molecule has 298 valence electrons. The van der Waals surface area contributed by atoms with Crippen LogP contribution >= 0.6 is 11.3 Å². The van der Waals surface area contributed by atoms with Gasteiger partial charge < -0.3 is 28.8 Å². The average molecular weight is 816 g/mol. The smallest absolute Gasteiger partial charge is 0.343 e. The van der Waals surface area contributed by atoms with Crippen molar-refractivity contribution in [3.05, 3.63) is 156 Å². The number of fused-ring (bicyclic) bond motifs is 1. The molecule has 16 heteroatoms. The first-order chi connectivity index (χ1) is 28.5. The minimum Gasteiger partial charge on any atom is -0.478 e. The number of para-hydroxylation sites is 1. The zero-order valence-corrected chi connectivity index (χ0v) is 31.7. The van der Waals surface area contributed by atoms with Gasteiger partial charge in [-0.1, -0.05) is 60.9 Å². The molecule has 0 bridgehead atoms. The van der Waals surface area contributed by atoms with Crippen molar-refractivity contribution < 1.29 is 57.6 Å². The maximum atomic E-state index is 13.3. The van der Waals surface area contributed by atoms with Gasteiger partial charge in [0.1, 0.15) is 24.7 Å². The van der Waals surface area contributed by atoms with Crippen LogP contribution in [0.25, 0.3) is 22.4 Å². The summed E-state index contributed by atoms with van der Waals surface area (Å²) in [6.07, 6.45) is 7.05. The summed E-state index contributed by atoms with van der Waals surface area (Å²) in [5.41, 5.74) is 5.39. The van der Waals surface area contributed by atoms with Crippen LogP contribution in [-0.4, -0.2) is 71.4 Å². The third-order valence-electron chi connectivity index (χ3n) is 7.61. The molecule has 1 unspecified atom stereocenters. The van der Waals surface area contributed by atoms with Crippen LogP contribution in [-0.2, 0) is 33.4 Å². The third-order valence-corrected chi connectivity index (χ3v) is 8.56. The molecule has 0 amide bonds. The number of anilines is 1. The van der Waals surface area contributed by atoms with E-state index in [0.29, 0.717) is 16.3 Å². The Labute approximate surface area is 340 Å². The van der Waals surface area contributed by atoms with E-state index in [1.807, 2.05) is 24.3 Å². The fourth-order valence-electron chi connectivity index (χ4n) is 4.76. The van der Waals surface area contributed by atoms with Gasteiger partial charge in [0.05, 0.1) is 27.6 Å². The molecule has 0 aliphatic rings. The zero-order chi connectivity index (χ0) is 42.1. The van der Waals surface area contributed by atoms with Crippen LogP contribution in [0.15, 0.2) is 134 Å². The van der Waals surface area contributed by atoms with Crippen LogP contribution in [0, 0.1) is 0 Å². The molecule has 0 aliphatic carbocycles. The van der Waals surface area contributed by atoms with E-state index >= 15 is 0 Å². The molecule has 1 aromatic heterocycles. The number of nitrogens with zero attached hydrogens (tertiary/aromatic N) is 2. The molecule has 0 fully saturated rings. The van der Waals surface area contributed by atoms with Crippen LogP contribution in [0.1, 0.15) is 37.4 Å². The van der Waals surface area contributed by atoms with Gasteiger partial charge in [-0.25, -0.2) is 33.8 Å². The molecule has 5 rings (SSSR count). The number of carbonyl (C=O) groups excluding carboxylic acids is 5. The van der Waals surface area contributed by atoms with E-state index in [1.54, 1.807) is 24.3 Å². The van der Waals surface area contributed by atoms with Gasteiger partial charge in [0.25, 0.3) is 0 Å². The fraction of sp³-hybridized carbons (Fsp3) is 0.0698. The summed E-state index contributed by atoms with van der Waals surface area (Å²) >= 11 is 1.38. The number of ether oxygens (including phenoxy) is 5. The Morgan fingerprint density at radius 3 is 1.98 bits per heavy atom. The summed E-state index contributed by atoms with van der Waals surface area (Å²) in [7, 11) is 0. The lowest BCUT2D eigenvalue weighted by atomic mass is 10.1. The second-order valence-electron chi connectivity index (χ2n) is 11.8. The van der Waals surface area contributed by atoms with Gasteiger partial charge in [0.15, 0.2) is 6.10 Å². The van der Waals surface area contributed by atoms with Crippen molar-refractivity contribution in [3.63, 3.8) is 0 Å². The standard InChI is InChI=1S/C43H33N3O12S/c1-3-38(49)54-25-33(56-39(50)4-2)26-55-40(51)22-14-28-11-17-30(18-12-28)42(53)58-35-20-19-32(57-41(52)29-15-9-27(10-16-29)13-21-37(47)48)23-31(35)24-44-46-43-45-34-7-5-6-8-36(34)59-43/h3-24,33H,1-2,25-26H2,(H,45,46)(H,47,48)/b21-13+,22-14+,44-24+. The second kappa shape index (κ2) is 20.8. The van der Waals surface area contributed by atoms with Crippen LogP contribution < -0.4 is 14.9 Å². The first kappa shape index (κ1) is 42.2. The highest BCUT2D eigenvalue weighted by atomic mass is 32.1. The van der Waals surface area contributed by atoms with Gasteiger partial charge >= 0.3 is 35.8 Å². The number of aliphatic carboxylic acids is 1. The van der Waals surface area contributed by atoms with Gasteiger partial charge in [-0.05, 0) is 77.9 Å². The van der Waals surface area contributed by atoms with E-state index in [-0.39, 0.29) is 34.8 Å². The molecule has 2 N–H and O–H groups in total. The third kappa shape index (κ3) is 13.0. The Morgan fingerprint density at radius 2 is 1.36 bits per heavy atom. The first-order valence-electron chi connectivity index (χ1n) is 17.3. The molecular weight excluding hydrogens is 783 g/mol. The first-order valence-corrected chi connectivity index (χ1v) is 18.1. The summed E-state index contributed by atoms with van der Waals surface area (Å²) in [6.45, 7) is 5.79. The summed E-state index contributed by atoms with van der Waals surface area (Å²) in [6, 6.07) is 24.1. The Kier molecular flexibility index (Phi) is 14.9. The predicted molar refractivity (Wildman–Crippen MR) is 218 cm³/mol. The number of hydrogen-bond donors (Lipinski definition) is 2. The normalized spacial score (nSPS) is 11.5. The minimum atomic E-state index is -1.10. The van der Waals surface area contributed by atoms with Crippen molar-refractivity contribution in [2.45, 2.75) is 6.10 Å². The van der Waals surface area contributed by atoms with Crippen LogP contribution in [0.5, 0.6) is 11.5 Å². The summed E-state index contributed by atoms with van der Waals surface area (Å²) < 4.78 is 27.3. The van der Waals surface area contributed by atoms with Crippen LogP contribution in [0.3, 0.4) is 0 Å². The molecule has 0 radical (unpaired) electrons. The van der Waals surface area contributed by atoms with Crippen molar-refractivity contribution in [1.82, 2.24) is 4.98 Å². The molecule has 0 aliphatic heterocycles. The molecule has 1 atom stereocenters. The molecule has 1 heterocycles. The van der Waals surface area contributed by atoms with Gasteiger partial charge in [0, 0.05) is 29.9 Å². The van der Waals surface area contributed by atoms with Crippen molar-refractivity contribution in [2.75, 3.05) is 18.6 Å². The predicted octanol–water partition coefficient (Wildman–Crippen LogP) is 6.66. The molecule has 59 heavy (non-hydrogen) atoms. The number of esters is 5. The van der Waals surface area contributed by atoms with Gasteiger partial charge in [-0.2, -0.15) is 5.10 Å². The van der Waals surface area contributed by atoms with E-state index in [0.717, 1.165) is 34.5 Å². The van der Waals surface area contributed by atoms with E-state index in [9.17, 15) is 28.8 Å². The van der Waals surface area contributed by atoms with E-state index in [4.69, 9.17) is 28.8 Å². The molecule has 15 nitrogen and oxygen atoms in total. The van der Waals surface area contributed by atoms with E-state index in [2.05, 4.69) is 28.7 Å². The topological polar surface area (TPSA) is 206 Å². The fourth-order valence-corrected chi connectivity index (χ4v) is 5.58. The summed E-state index contributed by atoms with van der Waals surface area (Å²) in [5.74, 6) is -4.66. The number of carboxylic acid groups (broad SMARTS) is 1. The number of nitrogens with one attached hydrogen (secondary N) is 1. The molecular formula is C43H33N3O12S. The molecule has 0 saturated carbocycles. The SMILES string of the molecule is C=CC(=O)OCC(COC(=O)/C=C/c1ccc(C(=O)Oc2ccc(OC(=O)c3ccc(/C=C/C(=O)O)cc3)cc2/C=N/Nc2nc3ccccc3s2)cc1)OC(=O)C=C. The van der Waals surface area contributed by atoms with Gasteiger partial charge in [-0.3, -0.25) is 5.43 Å². The van der Waals surface area contributed by atoms with Crippen LogP contribution in [0.4, 0.5) is 5.13 Å². The second-order valence-corrected chi connectivity index (χ2v) is 12.8.